The van der Waals surface area contributed by atoms with Crippen LogP contribution in [0.4, 0.5) is 26.3 Å². The second kappa shape index (κ2) is 14.5. The maximum Gasteiger partial charge on any atom is 0.430 e. The quantitative estimate of drug-likeness (QED) is 0.169. The van der Waals surface area contributed by atoms with Crippen molar-refractivity contribution in [3.8, 4) is 11.5 Å². The predicted molar refractivity (Wildman–Crippen MR) is 159 cm³/mol. The summed E-state index contributed by atoms with van der Waals surface area (Å²) in [6.07, 6.45) is -7.21. The average Bonchev–Trinajstić information content (AvgIpc) is 2.98. The van der Waals surface area contributed by atoms with Gasteiger partial charge in [-0.3, -0.25) is 4.79 Å². The van der Waals surface area contributed by atoms with E-state index in [1.54, 1.807) is 20.9 Å². The number of aryl methyl sites for hydroxylation is 1. The molecule has 1 amide bonds. The molecule has 1 aliphatic rings. The minimum atomic E-state index is -5.98. The summed E-state index contributed by atoms with van der Waals surface area (Å²) in [4.78, 5) is 15.4. The van der Waals surface area contributed by atoms with Crippen molar-refractivity contribution in [1.29, 1.82) is 0 Å². The number of rotatable bonds is 14. The van der Waals surface area contributed by atoms with Gasteiger partial charge in [0.25, 0.3) is 11.5 Å². The largest absolute Gasteiger partial charge is 0.493 e. The molecule has 250 valence electrons. The molecule has 6 nitrogen and oxygen atoms in total. The molecular formula is C33H42F6N2O4. The number of ether oxygens (including phenoxy) is 2. The molecule has 1 unspecified atom stereocenters. The molecule has 0 radical (unpaired) electrons. The number of hydrogen-bond acceptors (Lipinski definition) is 5. The van der Waals surface area contributed by atoms with Gasteiger partial charge in [-0.1, -0.05) is 39.5 Å². The van der Waals surface area contributed by atoms with Crippen molar-refractivity contribution in [3.63, 3.8) is 0 Å². The van der Waals surface area contributed by atoms with E-state index in [4.69, 9.17) is 9.47 Å². The molecule has 0 aromatic heterocycles. The van der Waals surface area contributed by atoms with Gasteiger partial charge in [0.2, 0.25) is 0 Å². The molecule has 3 rings (SSSR count). The van der Waals surface area contributed by atoms with Gasteiger partial charge in [0.05, 0.1) is 13.2 Å². The number of aliphatic hydroxyl groups is 1. The van der Waals surface area contributed by atoms with Crippen LogP contribution in [-0.2, 0) is 28.8 Å². The van der Waals surface area contributed by atoms with Gasteiger partial charge in [0, 0.05) is 12.1 Å². The van der Waals surface area contributed by atoms with Gasteiger partial charge in [-0.15, -0.1) is 0 Å². The number of fused-ring (bicyclic) bond motifs is 1. The first-order chi connectivity index (χ1) is 21.1. The van der Waals surface area contributed by atoms with Crippen molar-refractivity contribution >= 4 is 5.91 Å². The van der Waals surface area contributed by atoms with Crippen LogP contribution in [0.5, 0.6) is 11.5 Å². The molecule has 12 heteroatoms. The van der Waals surface area contributed by atoms with Crippen LogP contribution in [0.25, 0.3) is 0 Å². The minimum absolute atomic E-state index is 0.0994. The predicted octanol–water partition coefficient (Wildman–Crippen LogP) is 7.18. The van der Waals surface area contributed by atoms with E-state index < -0.39 is 29.1 Å². The zero-order valence-electron chi connectivity index (χ0n) is 26.1. The summed E-state index contributed by atoms with van der Waals surface area (Å²) in [6, 6.07) is 8.12. The monoisotopic (exact) mass is 644 g/mol. The number of amides is 1. The third-order valence-electron chi connectivity index (χ3n) is 8.18. The zero-order valence-corrected chi connectivity index (χ0v) is 26.1. The molecule has 0 saturated heterocycles. The van der Waals surface area contributed by atoms with Gasteiger partial charge in [0.15, 0.2) is 0 Å². The van der Waals surface area contributed by atoms with Crippen LogP contribution in [0, 0.1) is 5.92 Å². The molecule has 2 aromatic rings. The first-order valence-corrected chi connectivity index (χ1v) is 15.1. The number of nitrogens with one attached hydrogen (secondary N) is 1. The van der Waals surface area contributed by atoms with E-state index in [1.807, 2.05) is 25.1 Å². The van der Waals surface area contributed by atoms with Crippen LogP contribution in [0.15, 0.2) is 49.2 Å². The van der Waals surface area contributed by atoms with Crippen LogP contribution in [0.3, 0.4) is 0 Å². The zero-order chi connectivity index (χ0) is 33.6. The number of likely N-dealkylation sites (N-methyl/N-ethyl adjacent to an activating group) is 1. The maximum absolute atomic E-state index is 13.9. The van der Waals surface area contributed by atoms with E-state index in [2.05, 4.69) is 11.9 Å². The van der Waals surface area contributed by atoms with Gasteiger partial charge in [-0.05, 0) is 98.6 Å². The highest BCUT2D eigenvalue weighted by Crippen LogP contribution is 2.50. The molecule has 1 aliphatic heterocycles. The van der Waals surface area contributed by atoms with Crippen LogP contribution >= 0.6 is 0 Å². The van der Waals surface area contributed by atoms with Crippen LogP contribution in [-0.4, -0.2) is 55.1 Å². The van der Waals surface area contributed by atoms with Crippen LogP contribution in [0.2, 0.25) is 0 Å². The first kappa shape index (κ1) is 36.2. The lowest BCUT2D eigenvalue weighted by atomic mass is 9.84. The molecular weight excluding hydrogens is 602 g/mol. The van der Waals surface area contributed by atoms with E-state index in [0.29, 0.717) is 44.5 Å². The van der Waals surface area contributed by atoms with E-state index in [-0.39, 0.29) is 36.2 Å². The number of carbonyl (C=O) groups is 1. The Hall–Kier alpha value is -3.25. The molecule has 0 aliphatic carbocycles. The first-order valence-electron chi connectivity index (χ1n) is 15.1. The number of hydrogen-bond donors (Lipinski definition) is 2. The highest BCUT2D eigenvalue weighted by atomic mass is 19.4. The lowest BCUT2D eigenvalue weighted by Gasteiger charge is -2.36. The fourth-order valence-electron chi connectivity index (χ4n) is 5.65. The fourth-order valence-corrected chi connectivity index (χ4v) is 5.65. The summed E-state index contributed by atoms with van der Waals surface area (Å²) in [7, 11) is 1.73. The summed E-state index contributed by atoms with van der Waals surface area (Å²) in [6.45, 7) is 10.3. The van der Waals surface area contributed by atoms with Gasteiger partial charge >= 0.3 is 12.4 Å². The number of alkyl halides is 6. The lowest BCUT2D eigenvalue weighted by Crippen LogP contribution is -2.53. The number of nitrogens with zero attached hydrogens (tertiary/aromatic N) is 1. The molecule has 0 bridgehead atoms. The van der Waals surface area contributed by atoms with Crippen molar-refractivity contribution in [1.82, 2.24) is 10.2 Å². The Morgan fingerprint density at radius 1 is 1.09 bits per heavy atom. The number of benzene rings is 2. The standard InChI is InChI=1S/C33H42F6N2O4/c1-6-30(40-5,25-12-14-27-23(20-25)11-10-18-45-27)29(42)41(7-2)16-8-9-17-44-28-15-13-26(21-24(28)19-22(3)4)31(43,32(34,35)36)33(37,38)39/h7,12-15,20-22,40,43H,2,6,8-11,16-19H2,1,3-5H3. The minimum Gasteiger partial charge on any atom is -0.493 e. The molecule has 0 fully saturated rings. The van der Waals surface area contributed by atoms with Crippen molar-refractivity contribution < 1.29 is 45.7 Å². The van der Waals surface area contributed by atoms with Gasteiger partial charge in [-0.25, -0.2) is 0 Å². The Kier molecular flexibility index (Phi) is 11.6. The van der Waals surface area contributed by atoms with Gasteiger partial charge < -0.3 is 24.8 Å². The fraction of sp³-hybridized carbons (Fsp3) is 0.545. The second-order valence-corrected chi connectivity index (χ2v) is 11.6. The topological polar surface area (TPSA) is 71.0 Å². The van der Waals surface area contributed by atoms with Crippen LogP contribution < -0.4 is 14.8 Å². The molecule has 0 saturated carbocycles. The smallest absolute Gasteiger partial charge is 0.430 e. The van der Waals surface area contributed by atoms with Crippen molar-refractivity contribution in [2.75, 3.05) is 26.8 Å². The molecule has 2 aromatic carbocycles. The molecule has 1 atom stereocenters. The highest BCUT2D eigenvalue weighted by molar-refractivity contribution is 5.88. The van der Waals surface area contributed by atoms with Crippen molar-refractivity contribution in [2.45, 2.75) is 82.8 Å². The molecule has 45 heavy (non-hydrogen) atoms. The Labute approximate surface area is 260 Å². The highest BCUT2D eigenvalue weighted by Gasteiger charge is 2.71. The number of carbonyl (C=O) groups excluding carboxylic acids is 1. The lowest BCUT2D eigenvalue weighted by molar-refractivity contribution is -0.376. The Morgan fingerprint density at radius 3 is 2.33 bits per heavy atom. The summed E-state index contributed by atoms with van der Waals surface area (Å²) < 4.78 is 92.3. The van der Waals surface area contributed by atoms with E-state index in [9.17, 15) is 36.2 Å². The molecule has 1 heterocycles. The third-order valence-corrected chi connectivity index (χ3v) is 8.18. The van der Waals surface area contributed by atoms with Gasteiger partial charge in [0.1, 0.15) is 17.0 Å². The summed E-state index contributed by atoms with van der Waals surface area (Å²) in [5.41, 5.74) is -5.34. The Morgan fingerprint density at radius 2 is 1.76 bits per heavy atom. The van der Waals surface area contributed by atoms with E-state index >= 15 is 0 Å². The molecule has 2 N–H and O–H groups in total. The second-order valence-electron chi connectivity index (χ2n) is 11.6. The molecule has 0 spiro atoms. The Balaban J connectivity index is 1.71. The van der Waals surface area contributed by atoms with E-state index in [0.717, 1.165) is 35.8 Å². The van der Waals surface area contributed by atoms with E-state index in [1.165, 1.54) is 11.1 Å². The van der Waals surface area contributed by atoms with Crippen molar-refractivity contribution in [2.24, 2.45) is 5.92 Å². The third kappa shape index (κ3) is 7.60. The summed E-state index contributed by atoms with van der Waals surface area (Å²) in [5, 5.41) is 13.1. The number of unbranched alkanes of at least 4 members (excludes halogenated alkanes) is 1. The van der Waals surface area contributed by atoms with Crippen LogP contribution in [0.1, 0.15) is 68.7 Å². The summed E-state index contributed by atoms with van der Waals surface area (Å²) >= 11 is 0. The SMILES string of the molecule is C=CN(CCCCOc1ccc(C(O)(C(F)(F)F)C(F)(F)F)cc1CC(C)C)C(=O)C(CC)(NC)c1ccc2c(c1)CCCO2. The summed E-state index contributed by atoms with van der Waals surface area (Å²) in [5.74, 6) is 0.652. The Bertz CT molecular complexity index is 1310. The number of halogens is 6. The average molecular weight is 645 g/mol. The maximum atomic E-state index is 13.9. The normalized spacial score (nSPS) is 15.2. The van der Waals surface area contributed by atoms with Gasteiger partial charge in [-0.2, -0.15) is 26.3 Å². The van der Waals surface area contributed by atoms with Crippen molar-refractivity contribution in [3.05, 3.63) is 71.4 Å².